The minimum absolute atomic E-state index is 0.228. The molecular weight excluding hydrogens is 484 g/mol. The van der Waals surface area contributed by atoms with Gasteiger partial charge < -0.3 is 20.4 Å². The van der Waals surface area contributed by atoms with Gasteiger partial charge in [0.1, 0.15) is 23.0 Å². The topological polar surface area (TPSA) is 80.9 Å². The van der Waals surface area contributed by atoms with Crippen molar-refractivity contribution in [3.05, 3.63) is 116 Å². The average Bonchev–Trinajstić information content (AvgIpc) is 2.89. The Kier molecular flexibility index (Phi) is 9.69. The van der Waals surface area contributed by atoms with Gasteiger partial charge in [-0.3, -0.25) is 0 Å². The van der Waals surface area contributed by atoms with E-state index in [2.05, 4.69) is 6.92 Å². The average molecular weight is 527 g/mol. The molecule has 4 N–H and O–H groups in total. The van der Waals surface area contributed by atoms with E-state index >= 15 is 0 Å². The summed E-state index contributed by atoms with van der Waals surface area (Å²) in [6, 6.07) is 19.7. The first-order valence-corrected chi connectivity index (χ1v) is 13.5. The lowest BCUT2D eigenvalue weighted by Crippen LogP contribution is -1.99. The standard InChI is InChI=1S/C18H22O2.C17H20O2/c1-10-6-15(7-11(2)17(10)19)14(5)16-8-12(3)18(20)13(4)9-16;1-12-10-14(6-8-16(12)18)4-3-5-15-7-9-17(19)13(2)11-15/h6-9,14,19-20H,1-5H3;6-11,18-19H,3-5H2,1-2H3. The van der Waals surface area contributed by atoms with Crippen molar-refractivity contribution < 1.29 is 20.4 Å². The summed E-state index contributed by atoms with van der Waals surface area (Å²) in [5.74, 6) is 1.69. The summed E-state index contributed by atoms with van der Waals surface area (Å²) in [5.41, 5.74) is 10.3. The van der Waals surface area contributed by atoms with Crippen LogP contribution >= 0.6 is 0 Å². The molecule has 206 valence electrons. The van der Waals surface area contributed by atoms with Crippen molar-refractivity contribution in [1.82, 2.24) is 0 Å². The molecule has 0 bridgehead atoms. The van der Waals surface area contributed by atoms with E-state index in [9.17, 15) is 20.4 Å². The Morgan fingerprint density at radius 2 is 0.821 bits per heavy atom. The second-order valence-corrected chi connectivity index (χ2v) is 10.8. The van der Waals surface area contributed by atoms with Gasteiger partial charge in [-0.15, -0.1) is 0 Å². The summed E-state index contributed by atoms with van der Waals surface area (Å²) in [4.78, 5) is 0. The number of rotatable bonds is 6. The van der Waals surface area contributed by atoms with Crippen LogP contribution in [0.25, 0.3) is 0 Å². The third-order valence-electron chi connectivity index (χ3n) is 7.48. The molecule has 0 unspecified atom stereocenters. The summed E-state index contributed by atoms with van der Waals surface area (Å²) < 4.78 is 0. The molecule has 39 heavy (non-hydrogen) atoms. The molecule has 0 aliphatic heterocycles. The van der Waals surface area contributed by atoms with E-state index in [-0.39, 0.29) is 5.92 Å². The third kappa shape index (κ3) is 7.57. The molecule has 0 saturated carbocycles. The van der Waals surface area contributed by atoms with Crippen molar-refractivity contribution in [2.24, 2.45) is 0 Å². The molecule has 4 heteroatoms. The SMILES string of the molecule is Cc1cc(C(C)c2cc(C)c(O)c(C)c2)cc(C)c1O.Cc1cc(CCCc2ccc(O)c(C)c2)ccc1O. The summed E-state index contributed by atoms with van der Waals surface area (Å²) in [5, 5.41) is 38.7. The molecule has 4 rings (SSSR count). The van der Waals surface area contributed by atoms with Gasteiger partial charge in [0.05, 0.1) is 0 Å². The van der Waals surface area contributed by atoms with Gasteiger partial charge in [0.25, 0.3) is 0 Å². The normalized spacial score (nSPS) is 10.9. The Morgan fingerprint density at radius 3 is 1.13 bits per heavy atom. The van der Waals surface area contributed by atoms with Crippen molar-refractivity contribution in [3.8, 4) is 23.0 Å². The van der Waals surface area contributed by atoms with Crippen LogP contribution < -0.4 is 0 Å². The van der Waals surface area contributed by atoms with Gasteiger partial charge in [0.15, 0.2) is 0 Å². The molecule has 4 nitrogen and oxygen atoms in total. The van der Waals surface area contributed by atoms with Gasteiger partial charge >= 0.3 is 0 Å². The lowest BCUT2D eigenvalue weighted by Gasteiger charge is -2.17. The van der Waals surface area contributed by atoms with Gasteiger partial charge in [-0.25, -0.2) is 0 Å². The van der Waals surface area contributed by atoms with Crippen LogP contribution in [0.4, 0.5) is 0 Å². The molecule has 4 aromatic rings. The Hall–Kier alpha value is -3.92. The lowest BCUT2D eigenvalue weighted by molar-refractivity contribution is 0.466. The third-order valence-corrected chi connectivity index (χ3v) is 7.48. The molecule has 0 aromatic heterocycles. The van der Waals surface area contributed by atoms with Gasteiger partial charge in [-0.1, -0.05) is 55.5 Å². The number of hydrogen-bond donors (Lipinski definition) is 4. The van der Waals surface area contributed by atoms with E-state index in [4.69, 9.17) is 0 Å². The van der Waals surface area contributed by atoms with E-state index in [1.807, 2.05) is 90.1 Å². The number of hydrogen-bond acceptors (Lipinski definition) is 4. The van der Waals surface area contributed by atoms with Crippen LogP contribution in [0.2, 0.25) is 0 Å². The highest BCUT2D eigenvalue weighted by Crippen LogP contribution is 2.33. The van der Waals surface area contributed by atoms with E-state index in [0.29, 0.717) is 23.0 Å². The van der Waals surface area contributed by atoms with Crippen LogP contribution in [-0.2, 0) is 12.8 Å². The quantitative estimate of drug-likeness (QED) is 0.203. The molecular formula is C35H42O4. The predicted octanol–water partition coefficient (Wildman–Crippen LogP) is 8.37. The zero-order valence-corrected chi connectivity index (χ0v) is 24.3. The van der Waals surface area contributed by atoms with Crippen molar-refractivity contribution in [1.29, 1.82) is 0 Å². The van der Waals surface area contributed by atoms with Gasteiger partial charge in [0, 0.05) is 5.92 Å². The maximum atomic E-state index is 9.87. The van der Waals surface area contributed by atoms with Gasteiger partial charge in [-0.2, -0.15) is 0 Å². The highest BCUT2D eigenvalue weighted by atomic mass is 16.3. The van der Waals surface area contributed by atoms with Crippen LogP contribution in [0.5, 0.6) is 23.0 Å². The first kappa shape index (κ1) is 29.6. The number of phenols is 4. The number of phenolic OH excluding ortho intramolecular Hbond substituents is 4. The van der Waals surface area contributed by atoms with Crippen LogP contribution in [0.15, 0.2) is 60.7 Å². The summed E-state index contributed by atoms with van der Waals surface area (Å²) >= 11 is 0. The highest BCUT2D eigenvalue weighted by Gasteiger charge is 2.14. The van der Waals surface area contributed by atoms with E-state index < -0.39 is 0 Å². The van der Waals surface area contributed by atoms with E-state index in [0.717, 1.165) is 52.6 Å². The van der Waals surface area contributed by atoms with Crippen LogP contribution in [-0.4, -0.2) is 20.4 Å². The minimum Gasteiger partial charge on any atom is -0.508 e. The monoisotopic (exact) mass is 526 g/mol. The molecule has 0 radical (unpaired) electrons. The molecule has 0 aliphatic carbocycles. The van der Waals surface area contributed by atoms with Gasteiger partial charge in [0.2, 0.25) is 0 Å². The number of aromatic hydroxyl groups is 4. The molecule has 0 amide bonds. The fraction of sp³-hybridized carbons (Fsp3) is 0.314. The maximum absolute atomic E-state index is 9.87. The highest BCUT2D eigenvalue weighted by molar-refractivity contribution is 5.48. The Labute approximate surface area is 233 Å². The van der Waals surface area contributed by atoms with Crippen molar-refractivity contribution in [2.75, 3.05) is 0 Å². The zero-order chi connectivity index (χ0) is 28.9. The fourth-order valence-electron chi connectivity index (χ4n) is 4.91. The van der Waals surface area contributed by atoms with Crippen molar-refractivity contribution in [2.45, 2.75) is 73.6 Å². The van der Waals surface area contributed by atoms with Gasteiger partial charge in [-0.05, 0) is 129 Å². The zero-order valence-electron chi connectivity index (χ0n) is 24.3. The van der Waals surface area contributed by atoms with Crippen molar-refractivity contribution >= 4 is 0 Å². The second-order valence-electron chi connectivity index (χ2n) is 10.8. The fourth-order valence-corrected chi connectivity index (χ4v) is 4.91. The molecule has 0 fully saturated rings. The van der Waals surface area contributed by atoms with Crippen molar-refractivity contribution in [3.63, 3.8) is 0 Å². The Bertz CT molecular complexity index is 1300. The molecule has 0 spiro atoms. The predicted molar refractivity (Wildman–Crippen MR) is 160 cm³/mol. The first-order valence-electron chi connectivity index (χ1n) is 13.5. The maximum Gasteiger partial charge on any atom is 0.121 e. The molecule has 0 atom stereocenters. The Balaban J connectivity index is 0.000000216. The summed E-state index contributed by atoms with van der Waals surface area (Å²) in [7, 11) is 0. The Morgan fingerprint density at radius 1 is 0.487 bits per heavy atom. The first-order chi connectivity index (χ1) is 18.4. The second kappa shape index (κ2) is 12.8. The van der Waals surface area contributed by atoms with E-state index in [1.165, 1.54) is 22.3 Å². The minimum atomic E-state index is 0.228. The van der Waals surface area contributed by atoms with Crippen LogP contribution in [0.1, 0.15) is 74.9 Å². The smallest absolute Gasteiger partial charge is 0.121 e. The van der Waals surface area contributed by atoms with Crippen LogP contribution in [0, 0.1) is 41.5 Å². The summed E-state index contributed by atoms with van der Waals surface area (Å²) in [6.45, 7) is 13.7. The lowest BCUT2D eigenvalue weighted by atomic mass is 9.88. The molecule has 0 saturated heterocycles. The largest absolute Gasteiger partial charge is 0.508 e. The van der Waals surface area contributed by atoms with Crippen LogP contribution in [0.3, 0.4) is 0 Å². The number of aryl methyl sites for hydroxylation is 8. The number of benzene rings is 4. The summed E-state index contributed by atoms with van der Waals surface area (Å²) in [6.07, 6.45) is 3.07. The molecule has 4 aromatic carbocycles. The molecule has 0 heterocycles. The van der Waals surface area contributed by atoms with E-state index in [1.54, 1.807) is 12.1 Å². The molecule has 0 aliphatic rings.